The number of thiol groups is 1. The van der Waals surface area contributed by atoms with E-state index in [2.05, 4.69) is 52.5 Å². The molecule has 0 saturated heterocycles. The number of hydrogen-bond donors (Lipinski definition) is 1. The molecule has 0 aliphatic rings. The van der Waals surface area contributed by atoms with Crippen molar-refractivity contribution in [1.29, 1.82) is 0 Å². The molecular formula is C13H20OS. The average molecular weight is 224 g/mol. The number of ether oxygens (including phenoxy) is 1. The Morgan fingerprint density at radius 3 is 2.53 bits per heavy atom. The summed E-state index contributed by atoms with van der Waals surface area (Å²) in [5.41, 5.74) is 3.79. The highest BCUT2D eigenvalue weighted by atomic mass is 32.1. The van der Waals surface area contributed by atoms with Crippen molar-refractivity contribution < 1.29 is 4.74 Å². The SMILES string of the molecule is Cc1cc(C)c(C)c(OCC(C)CS)c1. The molecule has 0 fully saturated rings. The monoisotopic (exact) mass is 224 g/mol. The fraction of sp³-hybridized carbons (Fsp3) is 0.538. The summed E-state index contributed by atoms with van der Waals surface area (Å²) in [7, 11) is 0. The largest absolute Gasteiger partial charge is 0.493 e. The third-order valence-corrected chi connectivity index (χ3v) is 3.22. The highest BCUT2D eigenvalue weighted by molar-refractivity contribution is 7.80. The highest BCUT2D eigenvalue weighted by Crippen LogP contribution is 2.23. The molecule has 1 rings (SSSR count). The lowest BCUT2D eigenvalue weighted by molar-refractivity contribution is 0.271. The zero-order valence-corrected chi connectivity index (χ0v) is 10.9. The van der Waals surface area contributed by atoms with Gasteiger partial charge in [0.1, 0.15) is 5.75 Å². The topological polar surface area (TPSA) is 9.23 Å². The molecule has 1 aromatic carbocycles. The Bertz CT molecular complexity index is 334. The van der Waals surface area contributed by atoms with Gasteiger partial charge in [0.15, 0.2) is 0 Å². The minimum Gasteiger partial charge on any atom is -0.493 e. The van der Waals surface area contributed by atoms with Gasteiger partial charge in [0, 0.05) is 0 Å². The van der Waals surface area contributed by atoms with E-state index in [0.29, 0.717) is 5.92 Å². The Labute approximate surface area is 98.3 Å². The summed E-state index contributed by atoms with van der Waals surface area (Å²) >= 11 is 4.25. The van der Waals surface area contributed by atoms with Gasteiger partial charge in [0.25, 0.3) is 0 Å². The Morgan fingerprint density at radius 1 is 1.27 bits per heavy atom. The molecule has 0 saturated carbocycles. The maximum Gasteiger partial charge on any atom is 0.122 e. The first-order valence-electron chi connectivity index (χ1n) is 5.36. The Balaban J connectivity index is 2.76. The van der Waals surface area contributed by atoms with E-state index in [9.17, 15) is 0 Å². The molecule has 2 heteroatoms. The lowest BCUT2D eigenvalue weighted by atomic mass is 10.1. The van der Waals surface area contributed by atoms with Crippen LogP contribution in [0, 0.1) is 26.7 Å². The second kappa shape index (κ2) is 5.45. The van der Waals surface area contributed by atoms with E-state index >= 15 is 0 Å². The molecule has 15 heavy (non-hydrogen) atoms. The zero-order valence-electron chi connectivity index (χ0n) is 10.0. The molecule has 1 atom stereocenters. The minimum absolute atomic E-state index is 0.494. The third kappa shape index (κ3) is 3.45. The summed E-state index contributed by atoms with van der Waals surface area (Å²) in [5, 5.41) is 0. The summed E-state index contributed by atoms with van der Waals surface area (Å²) in [5.74, 6) is 2.37. The molecule has 0 aliphatic carbocycles. The van der Waals surface area contributed by atoms with Crippen molar-refractivity contribution in [3.8, 4) is 5.75 Å². The van der Waals surface area contributed by atoms with Crippen LogP contribution in [0.4, 0.5) is 0 Å². The maximum absolute atomic E-state index is 5.80. The molecule has 0 N–H and O–H groups in total. The van der Waals surface area contributed by atoms with Crippen molar-refractivity contribution in [2.24, 2.45) is 5.92 Å². The molecule has 0 heterocycles. The van der Waals surface area contributed by atoms with E-state index in [-0.39, 0.29) is 0 Å². The normalized spacial score (nSPS) is 12.6. The third-order valence-electron chi connectivity index (χ3n) is 2.60. The first kappa shape index (κ1) is 12.4. The first-order chi connectivity index (χ1) is 7.04. The number of hydrogen-bond acceptors (Lipinski definition) is 2. The first-order valence-corrected chi connectivity index (χ1v) is 5.99. The van der Waals surface area contributed by atoms with Gasteiger partial charge >= 0.3 is 0 Å². The molecule has 0 spiro atoms. The Kier molecular flexibility index (Phi) is 4.52. The summed E-state index contributed by atoms with van der Waals surface area (Å²) in [6.07, 6.45) is 0. The molecule has 0 aromatic heterocycles. The fourth-order valence-corrected chi connectivity index (χ4v) is 1.54. The fourth-order valence-electron chi connectivity index (χ4n) is 1.44. The molecule has 1 aromatic rings. The van der Waals surface area contributed by atoms with Gasteiger partial charge in [0.2, 0.25) is 0 Å². The van der Waals surface area contributed by atoms with Crippen LogP contribution in [0.3, 0.4) is 0 Å². The van der Waals surface area contributed by atoms with E-state index in [1.165, 1.54) is 16.7 Å². The molecule has 1 nitrogen and oxygen atoms in total. The standard InChI is InChI=1S/C13H20OS/c1-9-5-11(3)12(4)13(6-9)14-7-10(2)8-15/h5-6,10,15H,7-8H2,1-4H3. The van der Waals surface area contributed by atoms with Crippen LogP contribution >= 0.6 is 12.6 Å². The van der Waals surface area contributed by atoms with Gasteiger partial charge in [-0.15, -0.1) is 0 Å². The van der Waals surface area contributed by atoms with Crippen molar-refractivity contribution in [3.63, 3.8) is 0 Å². The van der Waals surface area contributed by atoms with Crippen molar-refractivity contribution in [2.45, 2.75) is 27.7 Å². The van der Waals surface area contributed by atoms with E-state index < -0.39 is 0 Å². The van der Waals surface area contributed by atoms with Crippen LogP contribution in [0.2, 0.25) is 0 Å². The number of rotatable bonds is 4. The lowest BCUT2D eigenvalue weighted by Crippen LogP contribution is -2.10. The maximum atomic E-state index is 5.80. The number of aryl methyl sites for hydroxylation is 2. The zero-order chi connectivity index (χ0) is 11.4. The van der Waals surface area contributed by atoms with Crippen molar-refractivity contribution in [1.82, 2.24) is 0 Å². The summed E-state index contributed by atoms with van der Waals surface area (Å²) < 4.78 is 5.80. The van der Waals surface area contributed by atoms with Crippen molar-refractivity contribution >= 4 is 12.6 Å². The van der Waals surface area contributed by atoms with Gasteiger partial charge in [-0.2, -0.15) is 12.6 Å². The van der Waals surface area contributed by atoms with Gasteiger partial charge in [-0.1, -0.05) is 13.0 Å². The Morgan fingerprint density at radius 2 is 1.93 bits per heavy atom. The number of benzene rings is 1. The molecule has 0 radical (unpaired) electrons. The van der Waals surface area contributed by atoms with Crippen LogP contribution in [0.5, 0.6) is 5.75 Å². The molecule has 84 valence electrons. The van der Waals surface area contributed by atoms with Crippen LogP contribution in [0.1, 0.15) is 23.6 Å². The van der Waals surface area contributed by atoms with E-state index in [1.54, 1.807) is 0 Å². The lowest BCUT2D eigenvalue weighted by Gasteiger charge is -2.14. The Hall–Kier alpha value is -0.630. The van der Waals surface area contributed by atoms with Crippen LogP contribution in [-0.4, -0.2) is 12.4 Å². The molecule has 0 bridgehead atoms. The quantitative estimate of drug-likeness (QED) is 0.769. The second-order valence-corrected chi connectivity index (χ2v) is 4.67. The van der Waals surface area contributed by atoms with E-state index in [4.69, 9.17) is 4.74 Å². The van der Waals surface area contributed by atoms with Crippen molar-refractivity contribution in [2.75, 3.05) is 12.4 Å². The van der Waals surface area contributed by atoms with E-state index in [1.807, 2.05) is 0 Å². The predicted octanol–water partition coefficient (Wildman–Crippen LogP) is 3.56. The van der Waals surface area contributed by atoms with Crippen molar-refractivity contribution in [3.05, 3.63) is 28.8 Å². The van der Waals surface area contributed by atoms with E-state index in [0.717, 1.165) is 18.1 Å². The molecule has 0 aliphatic heterocycles. The van der Waals surface area contributed by atoms with Gasteiger partial charge in [-0.05, 0) is 55.2 Å². The average Bonchev–Trinajstić information content (AvgIpc) is 2.20. The van der Waals surface area contributed by atoms with Crippen LogP contribution in [0.25, 0.3) is 0 Å². The summed E-state index contributed by atoms with van der Waals surface area (Å²) in [6, 6.07) is 4.29. The smallest absolute Gasteiger partial charge is 0.122 e. The van der Waals surface area contributed by atoms with Gasteiger partial charge in [0.05, 0.1) is 6.61 Å². The molecular weight excluding hydrogens is 204 g/mol. The molecule has 0 amide bonds. The summed E-state index contributed by atoms with van der Waals surface area (Å²) in [6.45, 7) is 9.21. The van der Waals surface area contributed by atoms with Crippen LogP contribution in [0.15, 0.2) is 12.1 Å². The molecule has 1 unspecified atom stereocenters. The van der Waals surface area contributed by atoms with Gasteiger partial charge in [-0.25, -0.2) is 0 Å². The second-order valence-electron chi connectivity index (χ2n) is 4.30. The highest BCUT2D eigenvalue weighted by Gasteiger charge is 2.06. The van der Waals surface area contributed by atoms with Crippen LogP contribution in [-0.2, 0) is 0 Å². The van der Waals surface area contributed by atoms with Gasteiger partial charge < -0.3 is 4.74 Å². The predicted molar refractivity (Wildman–Crippen MR) is 69.2 cm³/mol. The van der Waals surface area contributed by atoms with Gasteiger partial charge in [-0.3, -0.25) is 0 Å². The summed E-state index contributed by atoms with van der Waals surface area (Å²) in [4.78, 5) is 0. The minimum atomic E-state index is 0.494. The van der Waals surface area contributed by atoms with Crippen LogP contribution < -0.4 is 4.74 Å².